The van der Waals surface area contributed by atoms with Gasteiger partial charge in [0.2, 0.25) is 0 Å². The molecule has 0 aliphatic rings. The van der Waals surface area contributed by atoms with Gasteiger partial charge in [0, 0.05) is 6.16 Å². The Hall–Kier alpha value is 0.260. The first-order valence-electron chi connectivity index (χ1n) is 13.0. The largest absolute Gasteiger partial charge is 0.469 e. The van der Waals surface area contributed by atoms with Crippen molar-refractivity contribution in [2.45, 2.75) is 135 Å². The lowest BCUT2D eigenvalue weighted by Crippen LogP contribution is -1.92. The van der Waals surface area contributed by atoms with Crippen molar-refractivity contribution in [1.82, 2.24) is 0 Å². The highest BCUT2D eigenvalue weighted by Gasteiger charge is 2.12. The van der Waals surface area contributed by atoms with E-state index in [-0.39, 0.29) is 12.8 Å². The van der Waals surface area contributed by atoms with E-state index in [1.165, 1.54) is 96.3 Å². The molecule has 0 unspecified atom stereocenters. The highest BCUT2D eigenvalue weighted by molar-refractivity contribution is 7.51. The minimum atomic E-state index is -4.28. The fraction of sp³-hybridized carbons (Fsp3) is 1.00. The molecule has 0 amide bonds. The van der Waals surface area contributed by atoms with E-state index >= 15 is 0 Å². The molecule has 0 bridgehead atoms. The van der Waals surface area contributed by atoms with Gasteiger partial charge in [0.15, 0.2) is 0 Å². The van der Waals surface area contributed by atoms with Crippen LogP contribution < -0.4 is 0 Å². The van der Waals surface area contributed by atoms with E-state index in [1.807, 2.05) is 0 Å². The zero-order valence-corrected chi connectivity index (χ0v) is 22.0. The Morgan fingerprint density at radius 2 is 0.656 bits per heavy atom. The van der Waals surface area contributed by atoms with Crippen molar-refractivity contribution in [1.29, 1.82) is 0 Å². The molecule has 0 aromatic carbocycles. The lowest BCUT2D eigenvalue weighted by atomic mass is 10.0. The van der Waals surface area contributed by atoms with Crippen LogP contribution in [0.5, 0.6) is 0 Å². The lowest BCUT2D eigenvalue weighted by molar-refractivity contribution is 0.193. The topological polar surface area (TPSA) is 124 Å². The Morgan fingerprint density at radius 1 is 0.406 bits per heavy atom. The number of phosphoric ester groups is 1. The minimum Gasteiger partial charge on any atom is -0.324 e. The maximum Gasteiger partial charge on any atom is 0.469 e. The summed E-state index contributed by atoms with van der Waals surface area (Å²) >= 11 is 0. The van der Waals surface area contributed by atoms with Gasteiger partial charge in [-0.1, -0.05) is 122 Å². The van der Waals surface area contributed by atoms with Crippen molar-refractivity contribution in [3.8, 4) is 0 Å². The van der Waals surface area contributed by atoms with Crippen molar-refractivity contribution >= 4 is 15.4 Å². The molecule has 0 aromatic rings. The summed E-state index contributed by atoms with van der Waals surface area (Å²) in [5, 5.41) is 0. The van der Waals surface area contributed by atoms with Crippen LogP contribution in [0.25, 0.3) is 0 Å². The predicted molar refractivity (Wildman–Crippen MR) is 132 cm³/mol. The second-order valence-electron chi connectivity index (χ2n) is 9.14. The molecule has 0 fully saturated rings. The molecule has 7 nitrogen and oxygen atoms in total. The molecular weight excluding hydrogens is 450 g/mol. The third-order valence-corrected chi connectivity index (χ3v) is 7.27. The van der Waals surface area contributed by atoms with Crippen molar-refractivity contribution < 1.29 is 33.2 Å². The molecule has 194 valence electrons. The Labute approximate surface area is 196 Å². The maximum atomic E-state index is 10.7. The first-order chi connectivity index (χ1) is 15.2. The van der Waals surface area contributed by atoms with Crippen LogP contribution in [0.1, 0.15) is 135 Å². The zero-order valence-electron chi connectivity index (χ0n) is 20.2. The van der Waals surface area contributed by atoms with Gasteiger partial charge < -0.3 is 19.6 Å². The van der Waals surface area contributed by atoms with E-state index in [0.717, 1.165) is 32.1 Å². The lowest BCUT2D eigenvalue weighted by Gasteiger charge is -2.05. The van der Waals surface area contributed by atoms with E-state index in [2.05, 4.69) is 4.52 Å². The third kappa shape index (κ3) is 30.3. The summed E-state index contributed by atoms with van der Waals surface area (Å²) in [6.45, 7) is 0.149. The summed E-state index contributed by atoms with van der Waals surface area (Å²) in [6, 6.07) is 0. The van der Waals surface area contributed by atoms with Crippen molar-refractivity contribution in [3.05, 3.63) is 0 Å². The second kappa shape index (κ2) is 21.8. The molecule has 0 radical (unpaired) electrons. The van der Waals surface area contributed by atoms with Crippen LogP contribution >= 0.6 is 15.4 Å². The molecule has 0 heterocycles. The first kappa shape index (κ1) is 32.3. The van der Waals surface area contributed by atoms with Gasteiger partial charge in [0.1, 0.15) is 0 Å². The van der Waals surface area contributed by atoms with Crippen molar-refractivity contribution in [2.75, 3.05) is 12.8 Å². The molecule has 0 aliphatic heterocycles. The number of hydrogen-bond acceptors (Lipinski definition) is 3. The summed E-state index contributed by atoms with van der Waals surface area (Å²) in [5.41, 5.74) is 0. The monoisotopic (exact) mass is 500 g/mol. The average Bonchev–Trinajstić information content (AvgIpc) is 2.69. The molecule has 9 heteroatoms. The van der Waals surface area contributed by atoms with Crippen LogP contribution in [0, 0.1) is 0 Å². The fourth-order valence-corrected chi connectivity index (χ4v) is 4.96. The number of unbranched alkanes of at least 4 members (excludes halogenated alkanes) is 20. The fourth-order valence-electron chi connectivity index (χ4n) is 3.96. The number of hydrogen-bond donors (Lipinski definition) is 4. The van der Waals surface area contributed by atoms with Crippen LogP contribution in [-0.2, 0) is 13.7 Å². The average molecular weight is 501 g/mol. The highest BCUT2D eigenvalue weighted by atomic mass is 31.2. The SMILES string of the molecule is O=P(O)(O)CCCCCCCCCCCCCCCCCCCCCCCOP(=O)(O)O. The molecule has 0 rings (SSSR count). The first-order valence-corrected chi connectivity index (χ1v) is 16.3. The van der Waals surface area contributed by atoms with Crippen LogP contribution in [0.15, 0.2) is 0 Å². The molecule has 0 spiro atoms. The van der Waals surface area contributed by atoms with Gasteiger partial charge in [-0.25, -0.2) is 4.57 Å². The van der Waals surface area contributed by atoms with E-state index < -0.39 is 15.4 Å². The van der Waals surface area contributed by atoms with Crippen molar-refractivity contribution in [3.63, 3.8) is 0 Å². The normalized spacial score (nSPS) is 12.5. The van der Waals surface area contributed by atoms with Gasteiger partial charge in [-0.2, -0.15) is 0 Å². The zero-order chi connectivity index (χ0) is 24.0. The Morgan fingerprint density at radius 3 is 0.906 bits per heavy atom. The van der Waals surface area contributed by atoms with E-state index in [9.17, 15) is 9.13 Å². The quantitative estimate of drug-likeness (QED) is 0.0757. The molecule has 0 aromatic heterocycles. The molecule has 0 saturated carbocycles. The summed E-state index contributed by atoms with van der Waals surface area (Å²) in [4.78, 5) is 34.8. The second-order valence-corrected chi connectivity index (χ2v) is 12.2. The van der Waals surface area contributed by atoms with Gasteiger partial charge in [0.05, 0.1) is 6.61 Å². The summed E-state index contributed by atoms with van der Waals surface area (Å²) < 4.78 is 25.7. The highest BCUT2D eigenvalue weighted by Crippen LogP contribution is 2.36. The summed E-state index contributed by atoms with van der Waals surface area (Å²) in [7, 11) is -8.07. The maximum absolute atomic E-state index is 10.7. The van der Waals surface area contributed by atoms with Gasteiger partial charge in [-0.15, -0.1) is 0 Å². The van der Waals surface area contributed by atoms with Gasteiger partial charge in [0.25, 0.3) is 0 Å². The van der Waals surface area contributed by atoms with Crippen LogP contribution in [0.3, 0.4) is 0 Å². The number of rotatable bonds is 25. The molecule has 0 aliphatic carbocycles. The number of phosphoric acid groups is 1. The third-order valence-electron chi connectivity index (χ3n) is 5.85. The van der Waals surface area contributed by atoms with Crippen LogP contribution in [0.4, 0.5) is 0 Å². The van der Waals surface area contributed by atoms with Gasteiger partial charge in [-0.05, 0) is 12.8 Å². The standard InChI is InChI=1S/C23H50O7P2/c24-31(25,26)23-21-19-17-15-13-11-9-7-5-3-1-2-4-6-8-10-12-14-16-18-20-22-30-32(27,28)29/h1-23H2,(H2,24,25,26)(H2,27,28,29). The van der Waals surface area contributed by atoms with E-state index in [0.29, 0.717) is 6.42 Å². The molecule has 4 N–H and O–H groups in total. The van der Waals surface area contributed by atoms with Crippen LogP contribution in [-0.4, -0.2) is 32.3 Å². The van der Waals surface area contributed by atoms with E-state index in [1.54, 1.807) is 0 Å². The molecular formula is C23H50O7P2. The Kier molecular flexibility index (Phi) is 21.9. The van der Waals surface area contributed by atoms with Crippen LogP contribution in [0.2, 0.25) is 0 Å². The molecule has 0 atom stereocenters. The summed E-state index contributed by atoms with van der Waals surface area (Å²) in [5.74, 6) is 0. The summed E-state index contributed by atoms with van der Waals surface area (Å²) in [6.07, 6.45) is 25.1. The predicted octanol–water partition coefficient (Wildman–Crippen LogP) is 7.47. The minimum absolute atomic E-state index is 0.0387. The Balaban J connectivity index is 3.08. The van der Waals surface area contributed by atoms with Crippen molar-refractivity contribution in [2.24, 2.45) is 0 Å². The molecule has 32 heavy (non-hydrogen) atoms. The van der Waals surface area contributed by atoms with E-state index in [4.69, 9.17) is 19.6 Å². The van der Waals surface area contributed by atoms with Gasteiger partial charge >= 0.3 is 15.4 Å². The van der Waals surface area contributed by atoms with Gasteiger partial charge in [-0.3, -0.25) is 9.09 Å². The Bertz CT molecular complexity index is 447. The smallest absolute Gasteiger partial charge is 0.324 e. The molecule has 0 saturated heterocycles.